The Bertz CT molecular complexity index is 1100. The minimum absolute atomic E-state index is 0.0278. The Labute approximate surface area is 160 Å². The van der Waals surface area contributed by atoms with E-state index in [0.29, 0.717) is 28.0 Å². The summed E-state index contributed by atoms with van der Waals surface area (Å²) in [4.78, 5) is 23.8. The summed E-state index contributed by atoms with van der Waals surface area (Å²) < 4.78 is 20.8. The van der Waals surface area contributed by atoms with E-state index in [4.69, 9.17) is 18.6 Å². The number of carbonyl (C=O) groups is 1. The van der Waals surface area contributed by atoms with E-state index >= 15 is 0 Å². The molecule has 3 rings (SSSR count). The molecular weight excluding hydrogens is 364 g/mol. The normalized spacial score (nSPS) is 10.9. The van der Waals surface area contributed by atoms with Crippen molar-refractivity contribution < 1.29 is 28.5 Å². The van der Waals surface area contributed by atoms with Crippen molar-refractivity contribution in [3.05, 3.63) is 70.1 Å². The third-order valence-corrected chi connectivity index (χ3v) is 4.02. The molecule has 3 aromatic rings. The number of hydrogen-bond donors (Lipinski definition) is 1. The predicted molar refractivity (Wildman–Crippen MR) is 103 cm³/mol. The molecule has 7 nitrogen and oxygen atoms in total. The Morgan fingerprint density at radius 3 is 2.71 bits per heavy atom. The predicted octanol–water partition coefficient (Wildman–Crippen LogP) is 3.27. The number of aromatic hydroxyl groups is 1. The molecule has 28 heavy (non-hydrogen) atoms. The minimum atomic E-state index is -0.596. The molecule has 0 aliphatic heterocycles. The van der Waals surface area contributed by atoms with Crippen molar-refractivity contribution in [2.45, 2.75) is 6.61 Å². The van der Waals surface area contributed by atoms with Crippen LogP contribution in [0.15, 0.2) is 57.8 Å². The van der Waals surface area contributed by atoms with Gasteiger partial charge in [0, 0.05) is 34.7 Å². The van der Waals surface area contributed by atoms with Gasteiger partial charge in [0.1, 0.15) is 17.9 Å². The second kappa shape index (κ2) is 8.30. The van der Waals surface area contributed by atoms with Crippen LogP contribution >= 0.6 is 0 Å². The minimum Gasteiger partial charge on any atom is -0.508 e. The average molecular weight is 382 g/mol. The van der Waals surface area contributed by atoms with Crippen LogP contribution in [0.3, 0.4) is 0 Å². The molecular formula is C21H18O7. The number of carbonyl (C=O) groups excluding carboxylic acids is 1. The molecule has 0 unspecified atom stereocenters. The third-order valence-electron chi connectivity index (χ3n) is 4.02. The van der Waals surface area contributed by atoms with Crippen molar-refractivity contribution in [2.24, 2.45) is 0 Å². The molecule has 144 valence electrons. The van der Waals surface area contributed by atoms with Gasteiger partial charge in [0.05, 0.1) is 14.2 Å². The first-order chi connectivity index (χ1) is 13.5. The van der Waals surface area contributed by atoms with E-state index in [9.17, 15) is 14.7 Å². The van der Waals surface area contributed by atoms with Crippen LogP contribution in [0.5, 0.6) is 17.2 Å². The number of rotatable bonds is 6. The summed E-state index contributed by atoms with van der Waals surface area (Å²) in [6.07, 6.45) is 2.82. The highest BCUT2D eigenvalue weighted by atomic mass is 16.5. The van der Waals surface area contributed by atoms with Gasteiger partial charge in [0.25, 0.3) is 0 Å². The van der Waals surface area contributed by atoms with E-state index in [-0.39, 0.29) is 17.9 Å². The fourth-order valence-corrected chi connectivity index (χ4v) is 2.74. The molecule has 1 aromatic heterocycles. The number of hydrogen-bond acceptors (Lipinski definition) is 7. The van der Waals surface area contributed by atoms with Crippen LogP contribution in [0.1, 0.15) is 11.1 Å². The van der Waals surface area contributed by atoms with Gasteiger partial charge in [-0.2, -0.15) is 0 Å². The fourth-order valence-electron chi connectivity index (χ4n) is 2.74. The van der Waals surface area contributed by atoms with E-state index in [1.807, 2.05) is 0 Å². The molecule has 0 saturated heterocycles. The number of ether oxygens (including phenoxy) is 3. The first-order valence-corrected chi connectivity index (χ1v) is 8.33. The van der Waals surface area contributed by atoms with Crippen molar-refractivity contribution in [2.75, 3.05) is 14.2 Å². The monoisotopic (exact) mass is 382 g/mol. The van der Waals surface area contributed by atoms with Crippen LogP contribution in [0.4, 0.5) is 0 Å². The number of fused-ring (bicyclic) bond motifs is 1. The van der Waals surface area contributed by atoms with E-state index in [1.54, 1.807) is 30.3 Å². The van der Waals surface area contributed by atoms with Gasteiger partial charge in [-0.1, -0.05) is 12.1 Å². The molecule has 0 fully saturated rings. The van der Waals surface area contributed by atoms with E-state index in [1.165, 1.54) is 38.5 Å². The van der Waals surface area contributed by atoms with Crippen molar-refractivity contribution in [1.29, 1.82) is 0 Å². The maximum absolute atomic E-state index is 12.1. The van der Waals surface area contributed by atoms with Crippen LogP contribution in [-0.2, 0) is 16.1 Å². The maximum Gasteiger partial charge on any atom is 0.336 e. The Morgan fingerprint density at radius 2 is 1.96 bits per heavy atom. The lowest BCUT2D eigenvalue weighted by atomic mass is 10.1. The zero-order chi connectivity index (χ0) is 20.1. The van der Waals surface area contributed by atoms with Gasteiger partial charge in [-0.25, -0.2) is 9.59 Å². The lowest BCUT2D eigenvalue weighted by Gasteiger charge is -2.09. The number of phenolic OH excluding ortho intramolecular Hbond substituents is 1. The summed E-state index contributed by atoms with van der Waals surface area (Å²) in [6, 6.07) is 10.9. The van der Waals surface area contributed by atoms with Gasteiger partial charge in [0.2, 0.25) is 0 Å². The van der Waals surface area contributed by atoms with E-state index < -0.39 is 11.6 Å². The second-order valence-electron chi connectivity index (χ2n) is 5.79. The summed E-state index contributed by atoms with van der Waals surface area (Å²) in [5, 5.41) is 10.1. The quantitative estimate of drug-likeness (QED) is 0.397. The Hall–Kier alpha value is -3.74. The van der Waals surface area contributed by atoms with Crippen LogP contribution in [0, 0.1) is 0 Å². The van der Waals surface area contributed by atoms with Crippen molar-refractivity contribution in [3.8, 4) is 17.2 Å². The second-order valence-corrected chi connectivity index (χ2v) is 5.79. The highest BCUT2D eigenvalue weighted by molar-refractivity contribution is 5.88. The van der Waals surface area contributed by atoms with Crippen LogP contribution in [0.2, 0.25) is 0 Å². The molecule has 0 atom stereocenters. The van der Waals surface area contributed by atoms with E-state index in [0.717, 1.165) is 0 Å². The van der Waals surface area contributed by atoms with Crippen molar-refractivity contribution >= 4 is 23.0 Å². The average Bonchev–Trinajstić information content (AvgIpc) is 2.69. The third kappa shape index (κ3) is 4.15. The maximum atomic E-state index is 12.1. The molecule has 0 amide bonds. The van der Waals surface area contributed by atoms with Crippen LogP contribution in [0.25, 0.3) is 17.0 Å². The number of esters is 1. The molecule has 1 heterocycles. The zero-order valence-electron chi connectivity index (χ0n) is 15.3. The van der Waals surface area contributed by atoms with Gasteiger partial charge in [-0.15, -0.1) is 0 Å². The zero-order valence-corrected chi connectivity index (χ0v) is 15.3. The summed E-state index contributed by atoms with van der Waals surface area (Å²) in [6.45, 7) is -0.120. The molecule has 0 aliphatic carbocycles. The summed E-state index contributed by atoms with van der Waals surface area (Å²) in [5.74, 6) is 0.425. The molecule has 0 saturated carbocycles. The van der Waals surface area contributed by atoms with Gasteiger partial charge in [0.15, 0.2) is 11.5 Å². The Morgan fingerprint density at radius 1 is 1.14 bits per heavy atom. The molecule has 0 aliphatic rings. The number of phenols is 1. The molecule has 0 spiro atoms. The first-order valence-electron chi connectivity index (χ1n) is 8.33. The Balaban J connectivity index is 1.76. The smallest absolute Gasteiger partial charge is 0.336 e. The summed E-state index contributed by atoms with van der Waals surface area (Å²) >= 11 is 0. The van der Waals surface area contributed by atoms with Gasteiger partial charge in [-0.05, 0) is 24.3 Å². The van der Waals surface area contributed by atoms with Crippen LogP contribution < -0.4 is 15.1 Å². The highest BCUT2D eigenvalue weighted by Gasteiger charge is 2.10. The van der Waals surface area contributed by atoms with Gasteiger partial charge in [-0.3, -0.25) is 0 Å². The van der Waals surface area contributed by atoms with Crippen LogP contribution in [-0.4, -0.2) is 25.3 Å². The van der Waals surface area contributed by atoms with Crippen molar-refractivity contribution in [1.82, 2.24) is 0 Å². The van der Waals surface area contributed by atoms with Gasteiger partial charge < -0.3 is 23.7 Å². The number of methoxy groups -OCH3 is 2. The molecule has 0 bridgehead atoms. The topological polar surface area (TPSA) is 95.2 Å². The largest absolute Gasteiger partial charge is 0.508 e. The summed E-state index contributed by atoms with van der Waals surface area (Å²) in [7, 11) is 3.04. The summed E-state index contributed by atoms with van der Waals surface area (Å²) in [5.41, 5.74) is 0.753. The number of benzene rings is 2. The Kier molecular flexibility index (Phi) is 5.64. The fraction of sp³-hybridized carbons (Fsp3) is 0.143. The molecule has 0 radical (unpaired) electrons. The molecule has 1 N–H and O–H groups in total. The SMILES string of the molecule is COc1cccc(/C=C/C(=O)OCc2cc(=O)oc3cc(O)ccc23)c1OC. The first kappa shape index (κ1) is 19.0. The standard InChI is InChI=1S/C21H18O7/c1-25-17-5-3-4-13(21(17)26-2)6-9-19(23)27-12-14-10-20(24)28-18-11-15(22)7-8-16(14)18/h3-11,22H,12H2,1-2H3/b9-6+. The molecule has 2 aromatic carbocycles. The van der Waals surface area contributed by atoms with Crippen molar-refractivity contribution in [3.63, 3.8) is 0 Å². The van der Waals surface area contributed by atoms with E-state index in [2.05, 4.69) is 0 Å². The number of para-hydroxylation sites is 1. The van der Waals surface area contributed by atoms with Gasteiger partial charge >= 0.3 is 11.6 Å². The lowest BCUT2D eigenvalue weighted by molar-refractivity contribution is -0.138. The highest BCUT2D eigenvalue weighted by Crippen LogP contribution is 2.31. The molecule has 7 heteroatoms. The lowest BCUT2D eigenvalue weighted by Crippen LogP contribution is -2.05.